The summed E-state index contributed by atoms with van der Waals surface area (Å²) in [5, 5.41) is 16.7. The molecule has 0 unspecified atom stereocenters. The molecular weight excluding hydrogens is 337 g/mol. The maximum absolute atomic E-state index is 13.4. The van der Waals surface area contributed by atoms with Crippen LogP contribution in [0.3, 0.4) is 0 Å². The number of aromatic nitrogens is 4. The molecule has 0 aliphatic rings. The van der Waals surface area contributed by atoms with Crippen LogP contribution < -0.4 is 16.0 Å². The Labute approximate surface area is 148 Å². The van der Waals surface area contributed by atoms with Gasteiger partial charge in [0.05, 0.1) is 11.8 Å². The number of pyridine rings is 2. The average Bonchev–Trinajstić information content (AvgIpc) is 2.67. The minimum absolute atomic E-state index is 0.0373. The molecule has 1 amide bonds. The highest BCUT2D eigenvalue weighted by atomic mass is 19.1. The van der Waals surface area contributed by atoms with Crippen molar-refractivity contribution in [2.75, 3.05) is 23.7 Å². The van der Waals surface area contributed by atoms with Crippen LogP contribution in [0.5, 0.6) is 0 Å². The number of nitrogens with zero attached hydrogens (tertiary/aromatic N) is 4. The monoisotopic (exact) mass is 353 g/mol. The van der Waals surface area contributed by atoms with E-state index in [0.717, 1.165) is 6.20 Å². The summed E-state index contributed by atoms with van der Waals surface area (Å²) in [4.78, 5) is 19.6. The van der Waals surface area contributed by atoms with Gasteiger partial charge in [0.25, 0.3) is 5.91 Å². The third-order valence-corrected chi connectivity index (χ3v) is 3.32. The summed E-state index contributed by atoms with van der Waals surface area (Å²) in [6, 6.07) is 10.4. The van der Waals surface area contributed by atoms with Crippen LogP contribution in [-0.2, 0) is 0 Å². The molecule has 3 aromatic heterocycles. The summed E-state index contributed by atoms with van der Waals surface area (Å²) < 4.78 is 13.4. The molecule has 0 saturated carbocycles. The van der Waals surface area contributed by atoms with Gasteiger partial charge in [-0.3, -0.25) is 9.78 Å². The first kappa shape index (κ1) is 17.2. The Kier molecular flexibility index (Phi) is 5.61. The molecular formula is C17H16FN7O. The molecule has 0 saturated heterocycles. The Hall–Kier alpha value is -3.62. The largest absolute Gasteiger partial charge is 0.367 e. The van der Waals surface area contributed by atoms with Crippen LogP contribution in [0.25, 0.3) is 0 Å². The molecule has 0 fully saturated rings. The van der Waals surface area contributed by atoms with Gasteiger partial charge in [-0.25, -0.2) is 9.37 Å². The number of nitrogens with one attached hydrogen (secondary N) is 3. The van der Waals surface area contributed by atoms with Gasteiger partial charge in [-0.15, -0.1) is 10.2 Å². The summed E-state index contributed by atoms with van der Waals surface area (Å²) in [5.74, 6) is 0.651. The van der Waals surface area contributed by atoms with E-state index in [4.69, 9.17) is 0 Å². The first-order valence-electron chi connectivity index (χ1n) is 7.86. The van der Waals surface area contributed by atoms with Crippen molar-refractivity contribution in [3.8, 4) is 0 Å². The molecule has 0 aliphatic carbocycles. The van der Waals surface area contributed by atoms with E-state index >= 15 is 0 Å². The molecule has 3 aromatic rings. The predicted octanol–water partition coefficient (Wildman–Crippen LogP) is 1.99. The van der Waals surface area contributed by atoms with Gasteiger partial charge in [0.15, 0.2) is 11.6 Å². The van der Waals surface area contributed by atoms with Crippen molar-refractivity contribution >= 4 is 23.4 Å². The lowest BCUT2D eigenvalue weighted by Gasteiger charge is -2.08. The minimum Gasteiger partial charge on any atom is -0.367 e. The van der Waals surface area contributed by atoms with E-state index in [1.165, 1.54) is 12.3 Å². The highest BCUT2D eigenvalue weighted by Crippen LogP contribution is 2.11. The van der Waals surface area contributed by atoms with Gasteiger partial charge in [0, 0.05) is 25.5 Å². The van der Waals surface area contributed by atoms with Crippen molar-refractivity contribution in [1.29, 1.82) is 0 Å². The zero-order valence-electron chi connectivity index (χ0n) is 13.7. The number of anilines is 3. The maximum atomic E-state index is 13.4. The zero-order valence-corrected chi connectivity index (χ0v) is 13.7. The van der Waals surface area contributed by atoms with E-state index in [9.17, 15) is 9.18 Å². The lowest BCUT2D eigenvalue weighted by molar-refractivity contribution is 0.0951. The van der Waals surface area contributed by atoms with Crippen molar-refractivity contribution in [2.45, 2.75) is 0 Å². The van der Waals surface area contributed by atoms with Crippen molar-refractivity contribution in [3.05, 3.63) is 66.4 Å². The third-order valence-electron chi connectivity index (χ3n) is 3.32. The second-order valence-electron chi connectivity index (χ2n) is 5.18. The highest BCUT2D eigenvalue weighted by Gasteiger charge is 2.10. The molecule has 0 spiro atoms. The lowest BCUT2D eigenvalue weighted by atomic mass is 10.2. The maximum Gasteiger partial charge on any atom is 0.254 e. The van der Waals surface area contributed by atoms with Crippen LogP contribution in [0.2, 0.25) is 0 Å². The molecule has 3 rings (SSSR count). The molecule has 0 bridgehead atoms. The molecule has 132 valence electrons. The Bertz CT molecular complexity index is 859. The minimum atomic E-state index is -0.653. The Morgan fingerprint density at radius 1 is 0.962 bits per heavy atom. The van der Waals surface area contributed by atoms with Gasteiger partial charge in [0.2, 0.25) is 0 Å². The third kappa shape index (κ3) is 4.69. The van der Waals surface area contributed by atoms with Crippen molar-refractivity contribution < 1.29 is 9.18 Å². The molecule has 9 heteroatoms. The van der Waals surface area contributed by atoms with Crippen LogP contribution in [0, 0.1) is 5.82 Å². The molecule has 0 atom stereocenters. The number of hydrogen-bond donors (Lipinski definition) is 3. The van der Waals surface area contributed by atoms with Gasteiger partial charge in [-0.05, 0) is 30.3 Å². The second kappa shape index (κ2) is 8.47. The topological polar surface area (TPSA) is 105 Å². The van der Waals surface area contributed by atoms with E-state index in [2.05, 4.69) is 36.1 Å². The summed E-state index contributed by atoms with van der Waals surface area (Å²) >= 11 is 0. The Balaban J connectivity index is 1.44. The number of amides is 1. The fourth-order valence-electron chi connectivity index (χ4n) is 2.08. The van der Waals surface area contributed by atoms with E-state index in [0.29, 0.717) is 30.5 Å². The van der Waals surface area contributed by atoms with Gasteiger partial charge in [-0.2, -0.15) is 0 Å². The van der Waals surface area contributed by atoms with Crippen LogP contribution in [-0.4, -0.2) is 39.2 Å². The van der Waals surface area contributed by atoms with Gasteiger partial charge < -0.3 is 16.0 Å². The predicted molar refractivity (Wildman–Crippen MR) is 94.6 cm³/mol. The molecule has 0 aromatic carbocycles. The Morgan fingerprint density at radius 2 is 1.81 bits per heavy atom. The number of halogens is 1. The molecule has 26 heavy (non-hydrogen) atoms. The van der Waals surface area contributed by atoms with E-state index in [-0.39, 0.29) is 5.56 Å². The van der Waals surface area contributed by atoms with E-state index < -0.39 is 11.7 Å². The standard InChI is InChI=1S/C17H16FN7O/c18-13-11-19-8-6-12(13)17(26)22-10-9-21-15-4-5-16(25-24-15)23-14-3-1-2-7-20-14/h1-8,11H,9-10H2,(H,21,24)(H,22,26)(H,20,23,25). The zero-order chi connectivity index (χ0) is 18.2. The van der Waals surface area contributed by atoms with Crippen LogP contribution in [0.15, 0.2) is 55.0 Å². The van der Waals surface area contributed by atoms with Gasteiger partial charge in [0.1, 0.15) is 11.6 Å². The average molecular weight is 353 g/mol. The number of carbonyl (C=O) groups excluding carboxylic acids is 1. The molecule has 3 N–H and O–H groups in total. The Morgan fingerprint density at radius 3 is 2.54 bits per heavy atom. The van der Waals surface area contributed by atoms with E-state index in [1.54, 1.807) is 18.3 Å². The second-order valence-corrected chi connectivity index (χ2v) is 5.18. The van der Waals surface area contributed by atoms with E-state index in [1.807, 2.05) is 18.2 Å². The molecule has 0 aliphatic heterocycles. The summed E-state index contributed by atoms with van der Waals surface area (Å²) in [6.07, 6.45) is 4.05. The number of rotatable bonds is 7. The lowest BCUT2D eigenvalue weighted by Crippen LogP contribution is -2.29. The fraction of sp³-hybridized carbons (Fsp3) is 0.118. The molecule has 3 heterocycles. The van der Waals surface area contributed by atoms with Crippen molar-refractivity contribution in [2.24, 2.45) is 0 Å². The van der Waals surface area contributed by atoms with Crippen molar-refractivity contribution in [3.63, 3.8) is 0 Å². The molecule has 0 radical (unpaired) electrons. The fourth-order valence-corrected chi connectivity index (χ4v) is 2.08. The quantitative estimate of drug-likeness (QED) is 0.558. The van der Waals surface area contributed by atoms with Crippen LogP contribution >= 0.6 is 0 Å². The van der Waals surface area contributed by atoms with Gasteiger partial charge in [-0.1, -0.05) is 6.07 Å². The summed E-state index contributed by atoms with van der Waals surface area (Å²) in [6.45, 7) is 0.719. The summed E-state index contributed by atoms with van der Waals surface area (Å²) in [7, 11) is 0. The SMILES string of the molecule is O=C(NCCNc1ccc(Nc2ccccn2)nn1)c1ccncc1F. The van der Waals surface area contributed by atoms with Crippen molar-refractivity contribution in [1.82, 2.24) is 25.5 Å². The first-order valence-corrected chi connectivity index (χ1v) is 7.86. The normalized spacial score (nSPS) is 10.2. The number of carbonyl (C=O) groups is 1. The molecule has 8 nitrogen and oxygen atoms in total. The van der Waals surface area contributed by atoms with Crippen LogP contribution in [0.4, 0.5) is 21.8 Å². The van der Waals surface area contributed by atoms with Gasteiger partial charge >= 0.3 is 0 Å². The summed E-state index contributed by atoms with van der Waals surface area (Å²) in [5.41, 5.74) is -0.0373. The number of hydrogen-bond acceptors (Lipinski definition) is 7. The first-order chi connectivity index (χ1) is 12.7. The smallest absolute Gasteiger partial charge is 0.254 e. The van der Waals surface area contributed by atoms with Crippen LogP contribution in [0.1, 0.15) is 10.4 Å². The highest BCUT2D eigenvalue weighted by molar-refractivity contribution is 5.94.